The van der Waals surface area contributed by atoms with Crippen molar-refractivity contribution in [3.63, 3.8) is 0 Å². The van der Waals surface area contributed by atoms with Crippen molar-refractivity contribution in [1.82, 2.24) is 0 Å². The molecule has 76 valence electrons. The predicted molar refractivity (Wildman–Crippen MR) is 55.4 cm³/mol. The molecule has 0 aromatic heterocycles. The van der Waals surface area contributed by atoms with Gasteiger partial charge >= 0.3 is 0 Å². The summed E-state index contributed by atoms with van der Waals surface area (Å²) in [4.78, 5) is 0. The number of hydrogen-bond acceptors (Lipinski definition) is 3. The van der Waals surface area contributed by atoms with Gasteiger partial charge in [-0.1, -0.05) is 12.1 Å². The van der Waals surface area contributed by atoms with E-state index < -0.39 is 0 Å². The summed E-state index contributed by atoms with van der Waals surface area (Å²) in [5, 5.41) is 8.47. The molecule has 0 unspecified atom stereocenters. The van der Waals surface area contributed by atoms with Crippen molar-refractivity contribution in [2.45, 2.75) is 19.3 Å². The summed E-state index contributed by atoms with van der Waals surface area (Å²) in [6.45, 7) is 0. The third-order valence-electron chi connectivity index (χ3n) is 2.23. The molecule has 0 N–H and O–H groups in total. The first kappa shape index (κ1) is 9.60. The Morgan fingerprint density at radius 2 is 2.07 bits per heavy atom. The summed E-state index contributed by atoms with van der Waals surface area (Å²) in [6, 6.07) is 7.93. The lowest BCUT2D eigenvalue weighted by molar-refractivity contribution is 0.358. The Balaban J connectivity index is 2.15. The van der Waals surface area contributed by atoms with Crippen LogP contribution in [-0.2, 0) is 6.42 Å². The Kier molecular flexibility index (Phi) is 2.89. The molecule has 1 aromatic carbocycles. The highest BCUT2D eigenvalue weighted by atomic mass is 16.5. The molecule has 0 fully saturated rings. The van der Waals surface area contributed by atoms with Gasteiger partial charge in [0.15, 0.2) is 11.5 Å². The number of aryl methyl sites for hydroxylation is 1. The topological polar surface area (TPSA) is 42.2 Å². The first-order valence-corrected chi connectivity index (χ1v) is 4.89. The fourth-order valence-corrected chi connectivity index (χ4v) is 1.54. The molecule has 0 spiro atoms. The zero-order chi connectivity index (χ0) is 10.5. The van der Waals surface area contributed by atoms with Crippen LogP contribution >= 0.6 is 0 Å². The van der Waals surface area contributed by atoms with Gasteiger partial charge in [0, 0.05) is 6.42 Å². The van der Waals surface area contributed by atoms with Gasteiger partial charge in [0.05, 0.1) is 6.07 Å². The molecule has 0 radical (unpaired) electrons. The van der Waals surface area contributed by atoms with Crippen molar-refractivity contribution in [1.29, 1.82) is 5.26 Å². The average molecular weight is 201 g/mol. The molecule has 1 aromatic rings. The van der Waals surface area contributed by atoms with Gasteiger partial charge in [0.25, 0.3) is 0 Å². The van der Waals surface area contributed by atoms with E-state index in [1.54, 1.807) is 0 Å². The van der Waals surface area contributed by atoms with E-state index in [0.717, 1.165) is 29.9 Å². The second-order valence-electron chi connectivity index (χ2n) is 3.26. The molecule has 1 heterocycles. The van der Waals surface area contributed by atoms with Gasteiger partial charge in [-0.2, -0.15) is 5.26 Å². The zero-order valence-corrected chi connectivity index (χ0v) is 8.27. The van der Waals surface area contributed by atoms with Crippen molar-refractivity contribution < 1.29 is 9.47 Å². The van der Waals surface area contributed by atoms with Crippen molar-refractivity contribution in [2.24, 2.45) is 0 Å². The van der Waals surface area contributed by atoms with E-state index in [1.807, 2.05) is 18.2 Å². The predicted octanol–water partition coefficient (Wildman–Crippen LogP) is 2.78. The molecule has 1 aliphatic rings. The van der Waals surface area contributed by atoms with Crippen LogP contribution in [0.25, 0.3) is 0 Å². The summed E-state index contributed by atoms with van der Waals surface area (Å²) >= 11 is 0. The minimum absolute atomic E-state index is 0.570. The number of nitrogens with zero attached hydrogens (tertiary/aromatic N) is 1. The highest BCUT2D eigenvalue weighted by Crippen LogP contribution is 2.34. The van der Waals surface area contributed by atoms with Crippen molar-refractivity contribution in [3.8, 4) is 17.6 Å². The minimum atomic E-state index is 0.570. The van der Waals surface area contributed by atoms with Gasteiger partial charge < -0.3 is 9.47 Å². The van der Waals surface area contributed by atoms with Crippen LogP contribution in [0.3, 0.4) is 0 Å². The molecule has 2 rings (SSSR count). The Labute approximate surface area is 88.5 Å². The number of ether oxygens (including phenoxy) is 2. The van der Waals surface area contributed by atoms with E-state index in [2.05, 4.69) is 6.07 Å². The lowest BCUT2D eigenvalue weighted by Crippen LogP contribution is -1.99. The molecule has 0 atom stereocenters. The molecule has 0 bridgehead atoms. The van der Waals surface area contributed by atoms with E-state index in [-0.39, 0.29) is 0 Å². The largest absolute Gasteiger partial charge is 0.458 e. The molecular weight excluding hydrogens is 190 g/mol. The smallest absolute Gasteiger partial charge is 0.172 e. The summed E-state index contributed by atoms with van der Waals surface area (Å²) in [7, 11) is 0. The van der Waals surface area contributed by atoms with Crippen LogP contribution in [0.15, 0.2) is 30.7 Å². The Morgan fingerprint density at radius 3 is 2.93 bits per heavy atom. The standard InChI is InChI=1S/C12H11NO2/c13-7-2-1-4-10-5-3-6-11-12(10)15-9-8-14-11/h3,5-6,8-9H,1-2,4H2. The lowest BCUT2D eigenvalue weighted by atomic mass is 10.1. The van der Waals surface area contributed by atoms with E-state index in [0.29, 0.717) is 6.42 Å². The number of unbranched alkanes of at least 4 members (excludes halogenated alkanes) is 1. The minimum Gasteiger partial charge on any atom is -0.458 e. The summed E-state index contributed by atoms with van der Waals surface area (Å²) < 4.78 is 10.7. The quantitative estimate of drug-likeness (QED) is 0.706. The van der Waals surface area contributed by atoms with Gasteiger partial charge in [-0.05, 0) is 24.5 Å². The van der Waals surface area contributed by atoms with E-state index in [4.69, 9.17) is 14.7 Å². The molecule has 3 nitrogen and oxygen atoms in total. The second kappa shape index (κ2) is 4.52. The Morgan fingerprint density at radius 1 is 1.20 bits per heavy atom. The first-order chi connectivity index (χ1) is 7.42. The summed E-state index contributed by atoms with van der Waals surface area (Å²) in [5.74, 6) is 1.52. The van der Waals surface area contributed by atoms with Crippen LogP contribution in [0.1, 0.15) is 18.4 Å². The van der Waals surface area contributed by atoms with Gasteiger partial charge in [-0.3, -0.25) is 0 Å². The highest BCUT2D eigenvalue weighted by molar-refractivity contribution is 5.48. The van der Waals surface area contributed by atoms with Crippen LogP contribution in [0.5, 0.6) is 11.5 Å². The monoisotopic (exact) mass is 201 g/mol. The molecule has 0 amide bonds. The zero-order valence-electron chi connectivity index (χ0n) is 8.27. The van der Waals surface area contributed by atoms with Gasteiger partial charge in [0.1, 0.15) is 12.5 Å². The normalized spacial score (nSPS) is 12.2. The van der Waals surface area contributed by atoms with Crippen LogP contribution < -0.4 is 9.47 Å². The van der Waals surface area contributed by atoms with E-state index >= 15 is 0 Å². The molecule has 1 aliphatic heterocycles. The number of para-hydroxylation sites is 1. The SMILES string of the molecule is N#CCCCc1cccc2c1OC=CO2. The average Bonchev–Trinajstić information content (AvgIpc) is 2.30. The maximum Gasteiger partial charge on any atom is 0.172 e. The fourth-order valence-electron chi connectivity index (χ4n) is 1.54. The summed E-state index contributed by atoms with van der Waals surface area (Å²) in [6.07, 6.45) is 5.30. The number of nitriles is 1. The first-order valence-electron chi connectivity index (χ1n) is 4.89. The fraction of sp³-hybridized carbons (Fsp3) is 0.250. The number of fused-ring (bicyclic) bond motifs is 1. The van der Waals surface area contributed by atoms with Gasteiger partial charge in [-0.15, -0.1) is 0 Å². The number of hydrogen-bond donors (Lipinski definition) is 0. The molecule has 0 saturated carbocycles. The van der Waals surface area contributed by atoms with Crippen LogP contribution in [0, 0.1) is 11.3 Å². The lowest BCUT2D eigenvalue weighted by Gasteiger charge is -2.15. The summed E-state index contributed by atoms with van der Waals surface area (Å²) in [5.41, 5.74) is 1.09. The third-order valence-corrected chi connectivity index (χ3v) is 2.23. The molecule has 15 heavy (non-hydrogen) atoms. The van der Waals surface area contributed by atoms with Crippen molar-refractivity contribution in [2.75, 3.05) is 0 Å². The molecule has 0 saturated heterocycles. The number of benzene rings is 1. The third kappa shape index (κ3) is 2.10. The van der Waals surface area contributed by atoms with E-state index in [1.165, 1.54) is 12.5 Å². The van der Waals surface area contributed by atoms with Crippen molar-refractivity contribution in [3.05, 3.63) is 36.3 Å². The second-order valence-corrected chi connectivity index (χ2v) is 3.26. The maximum atomic E-state index is 8.47. The van der Waals surface area contributed by atoms with Crippen LogP contribution in [0.2, 0.25) is 0 Å². The Hall–Kier alpha value is -1.95. The molecule has 0 aliphatic carbocycles. The molecule has 3 heteroatoms. The van der Waals surface area contributed by atoms with Gasteiger partial charge in [0.2, 0.25) is 0 Å². The number of rotatable bonds is 3. The van der Waals surface area contributed by atoms with Crippen molar-refractivity contribution >= 4 is 0 Å². The van der Waals surface area contributed by atoms with Crippen LogP contribution in [0.4, 0.5) is 0 Å². The molecular formula is C12H11NO2. The van der Waals surface area contributed by atoms with Gasteiger partial charge in [-0.25, -0.2) is 0 Å². The Bertz CT molecular complexity index is 418. The highest BCUT2D eigenvalue weighted by Gasteiger charge is 2.12. The maximum absolute atomic E-state index is 8.47. The van der Waals surface area contributed by atoms with Crippen LogP contribution in [-0.4, -0.2) is 0 Å². The van der Waals surface area contributed by atoms with E-state index in [9.17, 15) is 0 Å².